The zero-order valence-electron chi connectivity index (χ0n) is 21.5. The van der Waals surface area contributed by atoms with Crippen LogP contribution in [0.1, 0.15) is 106 Å². The van der Waals surface area contributed by atoms with E-state index in [0.717, 1.165) is 25.7 Å². The SMILES string of the molecule is C[C@H](CC[C@H](C)C(C)(C)O)[C@H]1CCC2C3C[C@@H](O)[C@@]4(O)C[C@@H](O)CC[C@]4(C)C3CC[C@@]21C. The first-order valence-corrected chi connectivity index (χ1v) is 13.5. The van der Waals surface area contributed by atoms with Crippen molar-refractivity contribution >= 4 is 0 Å². The lowest BCUT2D eigenvalue weighted by Crippen LogP contribution is -2.68. The lowest BCUT2D eigenvalue weighted by molar-refractivity contribution is -0.264. The van der Waals surface area contributed by atoms with Crippen molar-refractivity contribution < 1.29 is 20.4 Å². The second-order valence-corrected chi connectivity index (χ2v) is 13.7. The fraction of sp³-hybridized carbons (Fsp3) is 1.00. The highest BCUT2D eigenvalue weighted by Gasteiger charge is 2.67. The summed E-state index contributed by atoms with van der Waals surface area (Å²) in [5, 5.41) is 43.5. The van der Waals surface area contributed by atoms with Gasteiger partial charge in [-0.15, -0.1) is 0 Å². The summed E-state index contributed by atoms with van der Waals surface area (Å²) in [5.74, 6) is 3.22. The summed E-state index contributed by atoms with van der Waals surface area (Å²) in [4.78, 5) is 0. The number of aliphatic hydroxyl groups is 4. The largest absolute Gasteiger partial charge is 0.393 e. The Balaban J connectivity index is 1.51. The van der Waals surface area contributed by atoms with Crippen LogP contribution in [0.25, 0.3) is 0 Å². The average molecular weight is 451 g/mol. The average Bonchev–Trinajstić information content (AvgIpc) is 3.05. The van der Waals surface area contributed by atoms with Gasteiger partial charge in [0.25, 0.3) is 0 Å². The van der Waals surface area contributed by atoms with E-state index in [0.29, 0.717) is 53.8 Å². The summed E-state index contributed by atoms with van der Waals surface area (Å²) in [7, 11) is 0. The third kappa shape index (κ3) is 3.71. The normalized spacial score (nSPS) is 50.8. The van der Waals surface area contributed by atoms with Gasteiger partial charge in [0.15, 0.2) is 0 Å². The van der Waals surface area contributed by atoms with Gasteiger partial charge in [-0.2, -0.15) is 0 Å². The van der Waals surface area contributed by atoms with Crippen LogP contribution in [0.4, 0.5) is 0 Å². The maximum Gasteiger partial charge on any atom is 0.0985 e. The minimum atomic E-state index is -1.14. The van der Waals surface area contributed by atoms with E-state index >= 15 is 0 Å². The summed E-state index contributed by atoms with van der Waals surface area (Å²) in [6.45, 7) is 13.2. The van der Waals surface area contributed by atoms with Crippen molar-refractivity contribution in [1.29, 1.82) is 0 Å². The molecule has 3 unspecified atom stereocenters. The molecule has 4 rings (SSSR count). The summed E-state index contributed by atoms with van der Waals surface area (Å²) in [5.41, 5.74) is -1.73. The standard InChI is InChI=1S/C28H50O4/c1-17(7-8-18(2)25(3,4)31)21-9-10-22-20-15-24(30)28(32)16-19(29)11-14-27(28,6)23(20)12-13-26(21,22)5/h17-24,29-32H,7-16H2,1-6H3/t17-,18+,19+,20?,21-,22?,23?,24-,26-,27-,28+/m1/s1. The number of hydrogen-bond donors (Lipinski definition) is 4. The fourth-order valence-electron chi connectivity index (χ4n) is 9.30. The molecule has 0 spiro atoms. The van der Waals surface area contributed by atoms with E-state index in [-0.39, 0.29) is 5.41 Å². The molecule has 0 aromatic heterocycles. The van der Waals surface area contributed by atoms with Gasteiger partial charge in [-0.25, -0.2) is 0 Å². The highest BCUT2D eigenvalue weighted by atomic mass is 16.3. The van der Waals surface area contributed by atoms with Crippen molar-refractivity contribution in [3.8, 4) is 0 Å². The molecule has 0 radical (unpaired) electrons. The lowest BCUT2D eigenvalue weighted by Gasteiger charge is -2.65. The number of rotatable bonds is 5. The Bertz CT molecular complexity index is 687. The van der Waals surface area contributed by atoms with Gasteiger partial charge in [-0.3, -0.25) is 0 Å². The Morgan fingerprint density at radius 3 is 2.28 bits per heavy atom. The topological polar surface area (TPSA) is 80.9 Å². The summed E-state index contributed by atoms with van der Waals surface area (Å²) >= 11 is 0. The minimum Gasteiger partial charge on any atom is -0.393 e. The summed E-state index contributed by atoms with van der Waals surface area (Å²) in [6, 6.07) is 0. The van der Waals surface area contributed by atoms with Gasteiger partial charge >= 0.3 is 0 Å². The third-order valence-corrected chi connectivity index (χ3v) is 11.9. The molecule has 0 amide bonds. The predicted octanol–water partition coefficient (Wildman–Crippen LogP) is 4.92. The van der Waals surface area contributed by atoms with Gasteiger partial charge in [0.2, 0.25) is 0 Å². The van der Waals surface area contributed by atoms with E-state index < -0.39 is 23.4 Å². The molecule has 186 valence electrons. The van der Waals surface area contributed by atoms with Crippen LogP contribution in [-0.4, -0.2) is 43.8 Å². The van der Waals surface area contributed by atoms with Crippen molar-refractivity contribution in [2.24, 2.45) is 46.3 Å². The molecule has 4 N–H and O–H groups in total. The molecule has 0 aromatic rings. The second kappa shape index (κ2) is 8.21. The minimum absolute atomic E-state index is 0.290. The van der Waals surface area contributed by atoms with Gasteiger partial charge in [0, 0.05) is 11.8 Å². The van der Waals surface area contributed by atoms with Crippen LogP contribution in [0.15, 0.2) is 0 Å². The van der Waals surface area contributed by atoms with E-state index in [9.17, 15) is 20.4 Å². The molecule has 11 atom stereocenters. The van der Waals surface area contributed by atoms with Crippen LogP contribution in [0.2, 0.25) is 0 Å². The van der Waals surface area contributed by atoms with E-state index in [1.807, 2.05) is 13.8 Å². The first-order chi connectivity index (χ1) is 14.7. The molecular weight excluding hydrogens is 400 g/mol. The molecule has 4 heteroatoms. The van der Waals surface area contributed by atoms with Gasteiger partial charge in [-0.05, 0) is 106 Å². The van der Waals surface area contributed by atoms with Gasteiger partial charge in [0.05, 0.1) is 23.4 Å². The Kier molecular flexibility index (Phi) is 6.40. The van der Waals surface area contributed by atoms with E-state index in [4.69, 9.17) is 0 Å². The van der Waals surface area contributed by atoms with Crippen molar-refractivity contribution in [1.82, 2.24) is 0 Å². The molecule has 0 heterocycles. The molecule has 0 bridgehead atoms. The maximum atomic E-state index is 11.6. The quantitative estimate of drug-likeness (QED) is 0.479. The van der Waals surface area contributed by atoms with Crippen LogP contribution < -0.4 is 0 Å². The lowest BCUT2D eigenvalue weighted by atomic mass is 9.42. The molecule has 4 aliphatic carbocycles. The zero-order valence-corrected chi connectivity index (χ0v) is 21.5. The molecule has 0 aliphatic heterocycles. The highest BCUT2D eigenvalue weighted by molar-refractivity contribution is 5.17. The molecule has 4 fully saturated rings. The number of fused-ring (bicyclic) bond motifs is 5. The van der Waals surface area contributed by atoms with Gasteiger partial charge < -0.3 is 20.4 Å². The zero-order chi connectivity index (χ0) is 23.7. The van der Waals surface area contributed by atoms with Gasteiger partial charge in [0.1, 0.15) is 0 Å². The molecule has 0 saturated heterocycles. The predicted molar refractivity (Wildman–Crippen MR) is 128 cm³/mol. The molecule has 4 aliphatic rings. The first-order valence-electron chi connectivity index (χ1n) is 13.5. The molecular formula is C28H50O4. The van der Waals surface area contributed by atoms with Gasteiger partial charge in [-0.1, -0.05) is 34.1 Å². The molecule has 4 nitrogen and oxygen atoms in total. The summed E-state index contributed by atoms with van der Waals surface area (Å²) in [6.07, 6.45) is 8.50. The Morgan fingerprint density at radius 1 is 0.938 bits per heavy atom. The van der Waals surface area contributed by atoms with E-state index in [2.05, 4.69) is 27.7 Å². The second-order valence-electron chi connectivity index (χ2n) is 13.7. The van der Waals surface area contributed by atoms with Crippen LogP contribution >= 0.6 is 0 Å². The highest BCUT2D eigenvalue weighted by Crippen LogP contribution is 2.69. The Labute approximate surface area is 196 Å². The molecule has 0 aromatic carbocycles. The Morgan fingerprint density at radius 2 is 1.62 bits per heavy atom. The maximum absolute atomic E-state index is 11.6. The van der Waals surface area contributed by atoms with Crippen molar-refractivity contribution in [2.75, 3.05) is 0 Å². The van der Waals surface area contributed by atoms with Crippen LogP contribution in [-0.2, 0) is 0 Å². The van der Waals surface area contributed by atoms with Crippen molar-refractivity contribution in [3.63, 3.8) is 0 Å². The van der Waals surface area contributed by atoms with E-state index in [1.165, 1.54) is 25.7 Å². The first kappa shape index (κ1) is 24.9. The van der Waals surface area contributed by atoms with Crippen molar-refractivity contribution in [2.45, 2.75) is 129 Å². The fourth-order valence-corrected chi connectivity index (χ4v) is 9.30. The van der Waals surface area contributed by atoms with Crippen LogP contribution in [0.3, 0.4) is 0 Å². The van der Waals surface area contributed by atoms with Crippen LogP contribution in [0, 0.1) is 46.3 Å². The van der Waals surface area contributed by atoms with E-state index in [1.54, 1.807) is 0 Å². The van der Waals surface area contributed by atoms with Crippen LogP contribution in [0.5, 0.6) is 0 Å². The summed E-state index contributed by atoms with van der Waals surface area (Å²) < 4.78 is 0. The monoisotopic (exact) mass is 450 g/mol. The molecule has 4 saturated carbocycles. The Hall–Kier alpha value is -0.160. The number of hydrogen-bond acceptors (Lipinski definition) is 4. The number of aliphatic hydroxyl groups excluding tert-OH is 2. The van der Waals surface area contributed by atoms with Crippen molar-refractivity contribution in [3.05, 3.63) is 0 Å². The third-order valence-electron chi connectivity index (χ3n) is 11.9. The smallest absolute Gasteiger partial charge is 0.0985 e. The molecule has 32 heavy (non-hydrogen) atoms.